The van der Waals surface area contributed by atoms with Crippen molar-refractivity contribution in [3.8, 4) is 22.6 Å². The number of nitrogens with one attached hydrogen (secondary N) is 2. The first-order valence-electron chi connectivity index (χ1n) is 10.8. The van der Waals surface area contributed by atoms with Gasteiger partial charge in [-0.25, -0.2) is 19.3 Å². The number of imidazole rings is 1. The minimum absolute atomic E-state index is 0.170. The second kappa shape index (κ2) is 8.67. The molecular formula is C25H29FN6. The fraction of sp³-hybridized carbons (Fsp3) is 0.320. The molecule has 0 aliphatic heterocycles. The first-order chi connectivity index (χ1) is 15.2. The molecule has 0 saturated carbocycles. The Kier molecular flexibility index (Phi) is 5.93. The molecule has 0 spiro atoms. The molecule has 3 heterocycles. The lowest BCUT2D eigenvalue weighted by molar-refractivity contribution is 0.588. The fourth-order valence-corrected chi connectivity index (χ4v) is 3.46. The molecule has 32 heavy (non-hydrogen) atoms. The summed E-state index contributed by atoms with van der Waals surface area (Å²) < 4.78 is 15.6. The number of rotatable bonds is 6. The summed E-state index contributed by atoms with van der Waals surface area (Å²) in [6, 6.07) is 12.8. The van der Waals surface area contributed by atoms with Gasteiger partial charge in [0.15, 0.2) is 0 Å². The van der Waals surface area contributed by atoms with Gasteiger partial charge >= 0.3 is 0 Å². The van der Waals surface area contributed by atoms with Gasteiger partial charge in [0.05, 0.1) is 17.1 Å². The molecular weight excluding hydrogens is 403 g/mol. The molecule has 7 heteroatoms. The average molecular weight is 433 g/mol. The van der Waals surface area contributed by atoms with Crippen LogP contribution in [0.4, 0.5) is 10.3 Å². The minimum atomic E-state index is -0.278. The summed E-state index contributed by atoms with van der Waals surface area (Å²) in [5.41, 5.74) is 4.95. The molecule has 0 atom stereocenters. The highest BCUT2D eigenvalue weighted by atomic mass is 19.1. The van der Waals surface area contributed by atoms with Crippen molar-refractivity contribution >= 4 is 11.6 Å². The Bertz CT molecular complexity index is 1220. The van der Waals surface area contributed by atoms with Crippen molar-refractivity contribution in [2.45, 2.75) is 52.7 Å². The molecule has 0 aliphatic rings. The molecule has 1 aromatic carbocycles. The van der Waals surface area contributed by atoms with Crippen LogP contribution < -0.4 is 10.6 Å². The normalized spacial score (nSPS) is 12.0. The van der Waals surface area contributed by atoms with Gasteiger partial charge in [0.1, 0.15) is 11.5 Å². The molecule has 0 unspecified atom stereocenters. The Labute approximate surface area is 188 Å². The zero-order valence-electron chi connectivity index (χ0n) is 19.1. The van der Waals surface area contributed by atoms with Crippen LogP contribution in [0.2, 0.25) is 0 Å². The number of aromatic nitrogens is 4. The van der Waals surface area contributed by atoms with E-state index in [1.165, 1.54) is 12.1 Å². The van der Waals surface area contributed by atoms with Gasteiger partial charge in [0.2, 0.25) is 5.95 Å². The van der Waals surface area contributed by atoms with Crippen LogP contribution in [0.5, 0.6) is 0 Å². The second-order valence-electron chi connectivity index (χ2n) is 9.26. The van der Waals surface area contributed by atoms with Crippen LogP contribution in [0.3, 0.4) is 0 Å². The second-order valence-corrected chi connectivity index (χ2v) is 9.26. The molecule has 0 fully saturated rings. The number of halogens is 1. The summed E-state index contributed by atoms with van der Waals surface area (Å²) in [7, 11) is 0. The van der Waals surface area contributed by atoms with Crippen LogP contribution >= 0.6 is 0 Å². The van der Waals surface area contributed by atoms with E-state index in [2.05, 4.69) is 62.4 Å². The maximum absolute atomic E-state index is 13.6. The molecule has 4 rings (SSSR count). The Morgan fingerprint density at radius 2 is 1.78 bits per heavy atom. The molecule has 3 aromatic heterocycles. The van der Waals surface area contributed by atoms with Crippen LogP contribution in [0, 0.1) is 5.82 Å². The summed E-state index contributed by atoms with van der Waals surface area (Å²) >= 11 is 0. The van der Waals surface area contributed by atoms with Crippen molar-refractivity contribution < 1.29 is 4.39 Å². The third-order valence-electron chi connectivity index (χ3n) is 4.91. The van der Waals surface area contributed by atoms with Crippen LogP contribution in [0.25, 0.3) is 28.3 Å². The third kappa shape index (κ3) is 4.94. The number of hydrogen-bond acceptors (Lipinski definition) is 5. The zero-order chi connectivity index (χ0) is 22.9. The lowest BCUT2D eigenvalue weighted by Gasteiger charge is -2.20. The molecule has 0 amide bonds. The van der Waals surface area contributed by atoms with Gasteiger partial charge in [-0.15, -0.1) is 0 Å². The van der Waals surface area contributed by atoms with Gasteiger partial charge in [0, 0.05) is 36.1 Å². The summed E-state index contributed by atoms with van der Waals surface area (Å²) in [5, 5.41) is 6.76. The van der Waals surface area contributed by atoms with E-state index in [0.717, 1.165) is 40.4 Å². The fourth-order valence-electron chi connectivity index (χ4n) is 3.46. The molecule has 0 aliphatic carbocycles. The van der Waals surface area contributed by atoms with Crippen molar-refractivity contribution in [1.82, 2.24) is 24.7 Å². The van der Waals surface area contributed by atoms with Gasteiger partial charge in [-0.05, 0) is 68.8 Å². The van der Waals surface area contributed by atoms with E-state index in [4.69, 9.17) is 9.97 Å². The maximum Gasteiger partial charge on any atom is 0.223 e. The number of benzene rings is 1. The van der Waals surface area contributed by atoms with Gasteiger partial charge in [-0.3, -0.25) is 4.40 Å². The topological polar surface area (TPSA) is 67.1 Å². The largest absolute Gasteiger partial charge is 0.350 e. The van der Waals surface area contributed by atoms with E-state index in [-0.39, 0.29) is 11.4 Å². The van der Waals surface area contributed by atoms with E-state index in [1.54, 1.807) is 18.3 Å². The SMILES string of the molecule is CC(C)NCc1ccn2c(-c3ccnc(NC(C)(C)C)n3)c(-c3ccc(F)cc3)nc2c1. The van der Waals surface area contributed by atoms with E-state index in [0.29, 0.717) is 12.0 Å². The van der Waals surface area contributed by atoms with Crippen LogP contribution in [-0.2, 0) is 6.54 Å². The third-order valence-corrected chi connectivity index (χ3v) is 4.91. The monoisotopic (exact) mass is 432 g/mol. The number of pyridine rings is 1. The summed E-state index contributed by atoms with van der Waals surface area (Å²) in [4.78, 5) is 14.1. The maximum atomic E-state index is 13.6. The smallest absolute Gasteiger partial charge is 0.223 e. The standard InChI is InChI=1S/C25H29FN6/c1-16(2)28-15-17-11-13-32-21(14-17)30-22(18-6-8-19(26)9-7-18)23(32)20-10-12-27-24(29-20)31-25(3,4)5/h6-14,16,28H,15H2,1-5H3,(H,27,29,31). The number of nitrogens with zero attached hydrogens (tertiary/aromatic N) is 4. The van der Waals surface area contributed by atoms with E-state index < -0.39 is 0 Å². The summed E-state index contributed by atoms with van der Waals surface area (Å²) in [6.45, 7) is 11.2. The van der Waals surface area contributed by atoms with E-state index in [1.807, 2.05) is 16.7 Å². The highest BCUT2D eigenvalue weighted by molar-refractivity contribution is 5.80. The lowest BCUT2D eigenvalue weighted by atomic mass is 10.1. The Balaban J connectivity index is 1.86. The predicted octanol–water partition coefficient (Wildman–Crippen LogP) is 5.31. The predicted molar refractivity (Wildman–Crippen MR) is 127 cm³/mol. The van der Waals surface area contributed by atoms with Crippen LogP contribution in [0.1, 0.15) is 40.2 Å². The number of anilines is 1. The molecule has 0 radical (unpaired) electrons. The Morgan fingerprint density at radius 1 is 1.03 bits per heavy atom. The van der Waals surface area contributed by atoms with Gasteiger partial charge in [0.25, 0.3) is 0 Å². The molecule has 0 saturated heterocycles. The van der Waals surface area contributed by atoms with E-state index in [9.17, 15) is 4.39 Å². The highest BCUT2D eigenvalue weighted by Crippen LogP contribution is 2.32. The Hall–Kier alpha value is -3.32. The van der Waals surface area contributed by atoms with Gasteiger partial charge < -0.3 is 10.6 Å². The van der Waals surface area contributed by atoms with Crippen molar-refractivity contribution in [1.29, 1.82) is 0 Å². The first kappa shape index (κ1) is 21.9. The van der Waals surface area contributed by atoms with Crippen LogP contribution in [0.15, 0.2) is 54.9 Å². The van der Waals surface area contributed by atoms with Crippen molar-refractivity contribution in [3.05, 3.63) is 66.2 Å². The van der Waals surface area contributed by atoms with Crippen molar-refractivity contribution in [2.75, 3.05) is 5.32 Å². The first-order valence-corrected chi connectivity index (χ1v) is 10.8. The quantitative estimate of drug-likeness (QED) is 0.432. The zero-order valence-corrected chi connectivity index (χ0v) is 19.1. The number of fused-ring (bicyclic) bond motifs is 1. The Morgan fingerprint density at radius 3 is 2.47 bits per heavy atom. The van der Waals surface area contributed by atoms with Crippen LogP contribution in [-0.4, -0.2) is 30.9 Å². The number of hydrogen-bond donors (Lipinski definition) is 2. The van der Waals surface area contributed by atoms with Gasteiger partial charge in [-0.1, -0.05) is 13.8 Å². The molecule has 0 bridgehead atoms. The van der Waals surface area contributed by atoms with E-state index >= 15 is 0 Å². The molecule has 6 nitrogen and oxygen atoms in total. The molecule has 2 N–H and O–H groups in total. The van der Waals surface area contributed by atoms with Gasteiger partial charge in [-0.2, -0.15) is 0 Å². The van der Waals surface area contributed by atoms with Crippen molar-refractivity contribution in [3.63, 3.8) is 0 Å². The van der Waals surface area contributed by atoms with Crippen molar-refractivity contribution in [2.24, 2.45) is 0 Å². The molecule has 166 valence electrons. The average Bonchev–Trinajstić information content (AvgIpc) is 3.10. The highest BCUT2D eigenvalue weighted by Gasteiger charge is 2.19. The summed E-state index contributed by atoms with van der Waals surface area (Å²) in [5.74, 6) is 0.271. The molecule has 4 aromatic rings. The lowest BCUT2D eigenvalue weighted by Crippen LogP contribution is -2.27. The minimum Gasteiger partial charge on any atom is -0.350 e. The summed E-state index contributed by atoms with van der Waals surface area (Å²) in [6.07, 6.45) is 3.76.